The van der Waals surface area contributed by atoms with E-state index in [4.69, 9.17) is 0 Å². The van der Waals surface area contributed by atoms with Crippen molar-refractivity contribution in [2.45, 2.75) is 57.8 Å². The summed E-state index contributed by atoms with van der Waals surface area (Å²) in [6.45, 7) is 0. The molecule has 3 rings (SSSR count). The second kappa shape index (κ2) is 5.73. The molecule has 1 radical (unpaired) electrons. The molecule has 1 aromatic carbocycles. The lowest BCUT2D eigenvalue weighted by molar-refractivity contribution is 0.587. The Morgan fingerprint density at radius 2 is 1.44 bits per heavy atom. The Morgan fingerprint density at radius 1 is 0.722 bits per heavy atom. The molecular formula is C18H23. The van der Waals surface area contributed by atoms with Crippen molar-refractivity contribution >= 4 is 6.08 Å². The van der Waals surface area contributed by atoms with Gasteiger partial charge in [0.05, 0.1) is 0 Å². The summed E-state index contributed by atoms with van der Waals surface area (Å²) in [5, 5.41) is 0. The summed E-state index contributed by atoms with van der Waals surface area (Å²) in [7, 11) is 0. The SMILES string of the molecule is [CH]1C=Cc2c1ccc1c2CCCCCCCCC1. The van der Waals surface area contributed by atoms with E-state index in [1.165, 1.54) is 68.9 Å². The summed E-state index contributed by atoms with van der Waals surface area (Å²) < 4.78 is 0. The average Bonchev–Trinajstić information content (AvgIpc) is 2.83. The molecule has 0 unspecified atom stereocenters. The number of rotatable bonds is 0. The molecule has 0 saturated carbocycles. The van der Waals surface area contributed by atoms with Crippen molar-refractivity contribution in [1.29, 1.82) is 0 Å². The van der Waals surface area contributed by atoms with Crippen molar-refractivity contribution in [3.05, 3.63) is 46.9 Å². The van der Waals surface area contributed by atoms with Crippen LogP contribution >= 0.6 is 0 Å². The lowest BCUT2D eigenvalue weighted by Gasteiger charge is -2.14. The Kier molecular flexibility index (Phi) is 3.83. The highest BCUT2D eigenvalue weighted by atomic mass is 14.2. The van der Waals surface area contributed by atoms with E-state index < -0.39 is 0 Å². The molecule has 2 aliphatic rings. The van der Waals surface area contributed by atoms with Crippen LogP contribution in [-0.2, 0) is 12.8 Å². The normalized spacial score (nSPS) is 20.0. The molecule has 95 valence electrons. The monoisotopic (exact) mass is 239 g/mol. The van der Waals surface area contributed by atoms with Gasteiger partial charge in [0.15, 0.2) is 0 Å². The first-order chi connectivity index (χ1) is 8.95. The average molecular weight is 239 g/mol. The van der Waals surface area contributed by atoms with E-state index in [0.717, 1.165) is 0 Å². The van der Waals surface area contributed by atoms with E-state index in [1.807, 2.05) is 0 Å². The quantitative estimate of drug-likeness (QED) is 0.591. The Labute approximate surface area is 111 Å². The largest absolute Gasteiger partial charge is 0.0754 e. The number of allylic oxidation sites excluding steroid dienone is 1. The minimum Gasteiger partial charge on any atom is -0.0754 e. The molecule has 18 heavy (non-hydrogen) atoms. The van der Waals surface area contributed by atoms with Crippen LogP contribution < -0.4 is 0 Å². The second-order valence-electron chi connectivity index (χ2n) is 5.71. The summed E-state index contributed by atoms with van der Waals surface area (Å²) in [6, 6.07) is 4.70. The number of aryl methyl sites for hydroxylation is 1. The fraction of sp³-hybridized carbons (Fsp3) is 0.500. The molecule has 0 spiro atoms. The molecule has 0 heteroatoms. The lowest BCUT2D eigenvalue weighted by atomic mass is 9.91. The van der Waals surface area contributed by atoms with Crippen molar-refractivity contribution in [3.63, 3.8) is 0 Å². The zero-order valence-electron chi connectivity index (χ0n) is 11.3. The van der Waals surface area contributed by atoms with Gasteiger partial charge in [0.1, 0.15) is 0 Å². The zero-order valence-corrected chi connectivity index (χ0v) is 11.3. The molecule has 0 nitrogen and oxygen atoms in total. The molecule has 0 N–H and O–H groups in total. The first-order valence-corrected chi connectivity index (χ1v) is 7.61. The Hall–Kier alpha value is -1.04. The maximum atomic E-state index is 2.38. The van der Waals surface area contributed by atoms with Gasteiger partial charge in [0.2, 0.25) is 0 Å². The zero-order chi connectivity index (χ0) is 12.2. The topological polar surface area (TPSA) is 0 Å². The first-order valence-electron chi connectivity index (χ1n) is 7.61. The van der Waals surface area contributed by atoms with Crippen molar-refractivity contribution in [2.75, 3.05) is 0 Å². The summed E-state index contributed by atoms with van der Waals surface area (Å²) >= 11 is 0. The van der Waals surface area contributed by atoms with Gasteiger partial charge in [-0.3, -0.25) is 0 Å². The minimum absolute atomic E-state index is 1.29. The van der Waals surface area contributed by atoms with E-state index >= 15 is 0 Å². The van der Waals surface area contributed by atoms with Crippen LogP contribution in [0.5, 0.6) is 0 Å². The summed E-state index contributed by atoms with van der Waals surface area (Å²) in [5.41, 5.74) is 6.23. The van der Waals surface area contributed by atoms with E-state index in [1.54, 1.807) is 11.1 Å². The van der Waals surface area contributed by atoms with Gasteiger partial charge >= 0.3 is 0 Å². The van der Waals surface area contributed by atoms with Gasteiger partial charge < -0.3 is 0 Å². The molecular weight excluding hydrogens is 216 g/mol. The Bertz CT molecular complexity index is 440. The highest BCUT2D eigenvalue weighted by molar-refractivity contribution is 5.69. The molecule has 0 amide bonds. The number of hydrogen-bond acceptors (Lipinski definition) is 0. The third kappa shape index (κ3) is 2.53. The maximum Gasteiger partial charge on any atom is 0.0131 e. The number of hydrogen-bond donors (Lipinski definition) is 0. The van der Waals surface area contributed by atoms with Crippen LogP contribution in [-0.4, -0.2) is 0 Å². The van der Waals surface area contributed by atoms with Crippen LogP contribution in [0, 0.1) is 6.42 Å². The van der Waals surface area contributed by atoms with Gasteiger partial charge in [-0.1, -0.05) is 56.4 Å². The first kappa shape index (κ1) is 12.0. The lowest BCUT2D eigenvalue weighted by Crippen LogP contribution is -1.99. The van der Waals surface area contributed by atoms with Crippen LogP contribution in [0.1, 0.15) is 67.2 Å². The van der Waals surface area contributed by atoms with Gasteiger partial charge in [0.25, 0.3) is 0 Å². The van der Waals surface area contributed by atoms with Crippen molar-refractivity contribution in [3.8, 4) is 0 Å². The highest BCUT2D eigenvalue weighted by Crippen LogP contribution is 2.30. The van der Waals surface area contributed by atoms with E-state index in [9.17, 15) is 0 Å². The summed E-state index contributed by atoms with van der Waals surface area (Å²) in [4.78, 5) is 0. The fourth-order valence-electron chi connectivity index (χ4n) is 3.35. The van der Waals surface area contributed by atoms with Gasteiger partial charge in [-0.15, -0.1) is 0 Å². The Morgan fingerprint density at radius 3 is 2.28 bits per heavy atom. The third-order valence-electron chi connectivity index (χ3n) is 4.40. The van der Waals surface area contributed by atoms with Gasteiger partial charge in [-0.25, -0.2) is 0 Å². The Balaban J connectivity index is 1.89. The van der Waals surface area contributed by atoms with Gasteiger partial charge in [-0.2, -0.15) is 0 Å². The van der Waals surface area contributed by atoms with Crippen molar-refractivity contribution in [1.82, 2.24) is 0 Å². The molecule has 2 aliphatic carbocycles. The van der Waals surface area contributed by atoms with E-state index in [2.05, 4.69) is 30.7 Å². The molecule has 0 aromatic heterocycles. The predicted molar refractivity (Wildman–Crippen MR) is 78.6 cm³/mol. The van der Waals surface area contributed by atoms with Crippen LogP contribution in [0.4, 0.5) is 0 Å². The molecule has 1 aromatic rings. The molecule has 0 saturated heterocycles. The van der Waals surface area contributed by atoms with Crippen LogP contribution in [0.2, 0.25) is 0 Å². The second-order valence-corrected chi connectivity index (χ2v) is 5.71. The molecule has 0 heterocycles. The van der Waals surface area contributed by atoms with Crippen molar-refractivity contribution < 1.29 is 0 Å². The van der Waals surface area contributed by atoms with Gasteiger partial charge in [0, 0.05) is 6.42 Å². The number of benzene rings is 1. The third-order valence-corrected chi connectivity index (χ3v) is 4.40. The van der Waals surface area contributed by atoms with Crippen molar-refractivity contribution in [2.24, 2.45) is 0 Å². The van der Waals surface area contributed by atoms with Crippen LogP contribution in [0.15, 0.2) is 18.2 Å². The molecule has 0 aliphatic heterocycles. The van der Waals surface area contributed by atoms with E-state index in [0.29, 0.717) is 0 Å². The molecule has 0 atom stereocenters. The van der Waals surface area contributed by atoms with Crippen LogP contribution in [0.3, 0.4) is 0 Å². The molecule has 0 bridgehead atoms. The highest BCUT2D eigenvalue weighted by Gasteiger charge is 2.14. The maximum absolute atomic E-state index is 2.38. The minimum atomic E-state index is 1.29. The molecule has 0 fully saturated rings. The number of fused-ring (bicyclic) bond motifs is 3. The summed E-state index contributed by atoms with van der Waals surface area (Å²) in [5.74, 6) is 0. The summed E-state index contributed by atoms with van der Waals surface area (Å²) in [6.07, 6.45) is 19.2. The fourth-order valence-corrected chi connectivity index (χ4v) is 3.35. The van der Waals surface area contributed by atoms with E-state index in [-0.39, 0.29) is 0 Å². The smallest absolute Gasteiger partial charge is 0.0131 e. The predicted octanol–water partition coefficient (Wildman–Crippen LogP) is 5.10. The van der Waals surface area contributed by atoms with Crippen LogP contribution in [0.25, 0.3) is 6.08 Å². The standard InChI is InChI=1S/C18H23/c1-2-4-6-9-15-13-14-16-10-8-12-18(16)17(15)11-7-5-3-1/h8,10,12-14H,1-7,9,11H2. The van der Waals surface area contributed by atoms with Gasteiger partial charge in [-0.05, 0) is 47.9 Å².